The number of urea groups is 1. The first kappa shape index (κ1) is 16.1. The van der Waals surface area contributed by atoms with Crippen molar-refractivity contribution in [2.75, 3.05) is 4.90 Å². The van der Waals surface area contributed by atoms with Crippen molar-refractivity contribution < 1.29 is 9.90 Å². The van der Waals surface area contributed by atoms with Crippen LogP contribution in [0.3, 0.4) is 0 Å². The van der Waals surface area contributed by atoms with E-state index in [-0.39, 0.29) is 11.4 Å². The number of nitrogens with zero attached hydrogens (tertiary/aromatic N) is 2. The molecule has 0 heterocycles. The van der Waals surface area contributed by atoms with Crippen molar-refractivity contribution in [1.82, 2.24) is 0 Å². The van der Waals surface area contributed by atoms with Crippen LogP contribution >= 0.6 is 0 Å². The zero-order valence-electron chi connectivity index (χ0n) is 13.3. The van der Waals surface area contributed by atoms with Gasteiger partial charge in [-0.15, -0.1) is 0 Å². The van der Waals surface area contributed by atoms with Crippen LogP contribution in [0.4, 0.5) is 16.2 Å². The summed E-state index contributed by atoms with van der Waals surface area (Å²) in [6, 6.07) is 22.6. The SMILES string of the molecule is N#Cc1ccc(N(C(N)=O)c2ccc(-c3ccccc3)cc2)c(O)c1. The molecule has 0 aromatic heterocycles. The van der Waals surface area contributed by atoms with Crippen LogP contribution in [0.1, 0.15) is 5.56 Å². The summed E-state index contributed by atoms with van der Waals surface area (Å²) in [5, 5.41) is 19.0. The summed E-state index contributed by atoms with van der Waals surface area (Å²) in [6.07, 6.45) is 0. The Balaban J connectivity index is 1.99. The van der Waals surface area contributed by atoms with Crippen LogP contribution in [0.15, 0.2) is 72.8 Å². The Morgan fingerprint density at radius 1 is 0.960 bits per heavy atom. The lowest BCUT2D eigenvalue weighted by molar-refractivity contribution is 0.256. The number of nitriles is 1. The maximum absolute atomic E-state index is 11.9. The summed E-state index contributed by atoms with van der Waals surface area (Å²) in [7, 11) is 0. The summed E-state index contributed by atoms with van der Waals surface area (Å²) in [5.41, 5.74) is 8.59. The molecule has 0 aliphatic heterocycles. The Hall–Kier alpha value is -3.78. The van der Waals surface area contributed by atoms with Crippen LogP contribution in [0.2, 0.25) is 0 Å². The number of hydrogen-bond acceptors (Lipinski definition) is 3. The van der Waals surface area contributed by atoms with Gasteiger partial charge in [0.2, 0.25) is 0 Å². The van der Waals surface area contributed by atoms with Gasteiger partial charge < -0.3 is 10.8 Å². The Kier molecular flexibility index (Phi) is 4.36. The lowest BCUT2D eigenvalue weighted by atomic mass is 10.1. The first-order valence-electron chi connectivity index (χ1n) is 7.58. The number of phenols is 1. The number of phenolic OH excluding ortho intramolecular Hbond substituents is 1. The van der Waals surface area contributed by atoms with Gasteiger partial charge in [0.1, 0.15) is 5.75 Å². The van der Waals surface area contributed by atoms with E-state index in [0.717, 1.165) is 11.1 Å². The number of nitrogens with two attached hydrogens (primary N) is 1. The number of anilines is 2. The largest absolute Gasteiger partial charge is 0.506 e. The predicted molar refractivity (Wildman–Crippen MR) is 96.4 cm³/mol. The van der Waals surface area contributed by atoms with Gasteiger partial charge in [-0.2, -0.15) is 5.26 Å². The van der Waals surface area contributed by atoms with Crippen LogP contribution in [-0.4, -0.2) is 11.1 Å². The minimum absolute atomic E-state index is 0.190. The highest BCUT2D eigenvalue weighted by Gasteiger charge is 2.19. The zero-order chi connectivity index (χ0) is 17.8. The molecule has 3 aromatic rings. The fraction of sp³-hybridized carbons (Fsp3) is 0. The number of aromatic hydroxyl groups is 1. The minimum Gasteiger partial charge on any atom is -0.506 e. The third-order valence-electron chi connectivity index (χ3n) is 3.80. The maximum Gasteiger partial charge on any atom is 0.324 e. The second-order valence-electron chi connectivity index (χ2n) is 5.40. The van der Waals surface area contributed by atoms with Crippen LogP contribution in [0, 0.1) is 11.3 Å². The second kappa shape index (κ2) is 6.77. The molecule has 3 aromatic carbocycles. The van der Waals surface area contributed by atoms with Gasteiger partial charge >= 0.3 is 6.03 Å². The van der Waals surface area contributed by atoms with Crippen molar-refractivity contribution in [3.05, 3.63) is 78.4 Å². The molecule has 0 spiro atoms. The van der Waals surface area contributed by atoms with Crippen molar-refractivity contribution in [1.29, 1.82) is 5.26 Å². The van der Waals surface area contributed by atoms with Gasteiger partial charge in [-0.05, 0) is 41.5 Å². The minimum atomic E-state index is -0.729. The average molecular weight is 329 g/mol. The normalized spacial score (nSPS) is 10.0. The highest BCUT2D eigenvalue weighted by Crippen LogP contribution is 2.34. The van der Waals surface area contributed by atoms with E-state index in [0.29, 0.717) is 11.3 Å². The molecule has 0 saturated carbocycles. The zero-order valence-corrected chi connectivity index (χ0v) is 13.3. The highest BCUT2D eigenvalue weighted by atomic mass is 16.3. The molecule has 0 saturated heterocycles. The lowest BCUT2D eigenvalue weighted by Crippen LogP contribution is -2.31. The molecule has 5 nitrogen and oxygen atoms in total. The maximum atomic E-state index is 11.9. The van der Waals surface area contributed by atoms with E-state index in [2.05, 4.69) is 0 Å². The van der Waals surface area contributed by atoms with E-state index >= 15 is 0 Å². The van der Waals surface area contributed by atoms with Gasteiger partial charge in [0.05, 0.1) is 23.0 Å². The quantitative estimate of drug-likeness (QED) is 0.756. The van der Waals surface area contributed by atoms with E-state index in [9.17, 15) is 9.90 Å². The van der Waals surface area contributed by atoms with Gasteiger partial charge in [-0.25, -0.2) is 4.79 Å². The molecule has 0 bridgehead atoms. The van der Waals surface area contributed by atoms with Crippen LogP contribution in [0.25, 0.3) is 11.1 Å². The molecule has 122 valence electrons. The van der Waals surface area contributed by atoms with Gasteiger partial charge in [0.15, 0.2) is 0 Å². The van der Waals surface area contributed by atoms with E-state index in [1.165, 1.54) is 23.1 Å². The van der Waals surface area contributed by atoms with Gasteiger partial charge in [-0.3, -0.25) is 4.90 Å². The second-order valence-corrected chi connectivity index (χ2v) is 5.40. The summed E-state index contributed by atoms with van der Waals surface area (Å²) >= 11 is 0. The molecule has 25 heavy (non-hydrogen) atoms. The molecule has 2 amide bonds. The summed E-state index contributed by atoms with van der Waals surface area (Å²) < 4.78 is 0. The molecule has 3 rings (SSSR count). The molecular formula is C20H15N3O2. The average Bonchev–Trinajstić information content (AvgIpc) is 2.64. The number of carbonyl (C=O) groups is 1. The Labute approximate surface area is 145 Å². The third kappa shape index (κ3) is 3.28. The van der Waals surface area contributed by atoms with Gasteiger partial charge in [0.25, 0.3) is 0 Å². The van der Waals surface area contributed by atoms with E-state index in [4.69, 9.17) is 11.0 Å². The molecule has 0 radical (unpaired) electrons. The molecular weight excluding hydrogens is 314 g/mol. The van der Waals surface area contributed by atoms with Crippen molar-refractivity contribution in [2.45, 2.75) is 0 Å². The van der Waals surface area contributed by atoms with Crippen LogP contribution < -0.4 is 10.6 Å². The third-order valence-corrected chi connectivity index (χ3v) is 3.80. The van der Waals surface area contributed by atoms with Crippen LogP contribution in [-0.2, 0) is 0 Å². The first-order valence-corrected chi connectivity index (χ1v) is 7.58. The van der Waals surface area contributed by atoms with Crippen molar-refractivity contribution >= 4 is 17.4 Å². The standard InChI is InChI=1S/C20H15N3O2/c21-13-14-6-11-18(19(24)12-14)23(20(22)25)17-9-7-16(8-10-17)15-4-2-1-3-5-15/h1-12,24H,(H2,22,25). The topological polar surface area (TPSA) is 90.4 Å². The Bertz CT molecular complexity index is 945. The summed E-state index contributed by atoms with van der Waals surface area (Å²) in [5.74, 6) is -0.190. The van der Waals surface area contributed by atoms with E-state index in [1.807, 2.05) is 48.5 Å². The summed E-state index contributed by atoms with van der Waals surface area (Å²) in [4.78, 5) is 13.1. The molecule has 0 fully saturated rings. The van der Waals surface area contributed by atoms with Gasteiger partial charge in [-0.1, -0.05) is 42.5 Å². The van der Waals surface area contributed by atoms with Gasteiger partial charge in [0, 0.05) is 0 Å². The number of rotatable bonds is 3. The smallest absolute Gasteiger partial charge is 0.324 e. The molecule has 0 aliphatic carbocycles. The monoisotopic (exact) mass is 329 g/mol. The number of primary amides is 1. The van der Waals surface area contributed by atoms with Crippen molar-refractivity contribution in [2.24, 2.45) is 5.73 Å². The van der Waals surface area contributed by atoms with Crippen molar-refractivity contribution in [3.8, 4) is 22.9 Å². The Morgan fingerprint density at radius 2 is 1.60 bits per heavy atom. The van der Waals surface area contributed by atoms with E-state index in [1.54, 1.807) is 12.1 Å². The van der Waals surface area contributed by atoms with E-state index < -0.39 is 6.03 Å². The molecule has 5 heteroatoms. The molecule has 3 N–H and O–H groups in total. The number of carbonyl (C=O) groups excluding carboxylic acids is 1. The number of hydrogen-bond donors (Lipinski definition) is 2. The number of amides is 2. The fourth-order valence-electron chi connectivity index (χ4n) is 2.60. The molecule has 0 unspecified atom stereocenters. The highest BCUT2D eigenvalue weighted by molar-refractivity contribution is 6.00. The predicted octanol–water partition coefficient (Wildman–Crippen LogP) is 4.15. The Morgan fingerprint density at radius 3 is 2.16 bits per heavy atom. The summed E-state index contributed by atoms with van der Waals surface area (Å²) in [6.45, 7) is 0. The lowest BCUT2D eigenvalue weighted by Gasteiger charge is -2.22. The first-order chi connectivity index (χ1) is 12.1. The molecule has 0 atom stereocenters. The molecule has 0 aliphatic rings. The fourth-order valence-corrected chi connectivity index (χ4v) is 2.60. The van der Waals surface area contributed by atoms with Crippen molar-refractivity contribution in [3.63, 3.8) is 0 Å². The number of benzene rings is 3. The van der Waals surface area contributed by atoms with Crippen LogP contribution in [0.5, 0.6) is 5.75 Å².